The zero-order valence-electron chi connectivity index (χ0n) is 11.9. The lowest BCUT2D eigenvalue weighted by Gasteiger charge is -2.14. The van der Waals surface area contributed by atoms with Crippen molar-refractivity contribution >= 4 is 17.5 Å². The third-order valence-corrected chi connectivity index (χ3v) is 3.52. The third kappa shape index (κ3) is 3.04. The van der Waals surface area contributed by atoms with Gasteiger partial charge in [0.1, 0.15) is 11.5 Å². The summed E-state index contributed by atoms with van der Waals surface area (Å²) in [6, 6.07) is 12.6. The van der Waals surface area contributed by atoms with Gasteiger partial charge in [-0.05, 0) is 30.3 Å². The van der Waals surface area contributed by atoms with Gasteiger partial charge in [-0.15, -0.1) is 0 Å². The molecule has 0 bridgehead atoms. The Morgan fingerprint density at radius 1 is 1.32 bits per heavy atom. The number of carbonyl (C=O) groups excluding carboxylic acids is 1. The SMILES string of the molecule is CN(Cc1ccco1)C(=O)c1cc(-c2ccc(Cl)cc2)n[nH]1. The van der Waals surface area contributed by atoms with E-state index in [4.69, 9.17) is 16.0 Å². The summed E-state index contributed by atoms with van der Waals surface area (Å²) in [5.41, 5.74) is 2.03. The molecule has 22 heavy (non-hydrogen) atoms. The molecule has 112 valence electrons. The number of benzene rings is 1. The minimum Gasteiger partial charge on any atom is -0.467 e. The first-order valence-corrected chi connectivity index (χ1v) is 7.10. The van der Waals surface area contributed by atoms with Crippen LogP contribution in [0.2, 0.25) is 5.02 Å². The smallest absolute Gasteiger partial charge is 0.272 e. The van der Waals surface area contributed by atoms with E-state index in [1.54, 1.807) is 42.5 Å². The first-order chi connectivity index (χ1) is 10.6. The molecule has 5 nitrogen and oxygen atoms in total. The van der Waals surface area contributed by atoms with Gasteiger partial charge in [0.2, 0.25) is 0 Å². The van der Waals surface area contributed by atoms with E-state index in [0.29, 0.717) is 23.0 Å². The number of hydrogen-bond acceptors (Lipinski definition) is 3. The Kier molecular flexibility index (Phi) is 3.98. The first kappa shape index (κ1) is 14.4. The fraction of sp³-hybridized carbons (Fsp3) is 0.125. The maximum atomic E-state index is 12.4. The number of aromatic nitrogens is 2. The highest BCUT2D eigenvalue weighted by atomic mass is 35.5. The average molecular weight is 316 g/mol. The van der Waals surface area contributed by atoms with E-state index >= 15 is 0 Å². The van der Waals surface area contributed by atoms with Crippen molar-refractivity contribution in [3.05, 3.63) is 65.2 Å². The number of rotatable bonds is 4. The van der Waals surface area contributed by atoms with Crippen LogP contribution in [-0.2, 0) is 6.54 Å². The summed E-state index contributed by atoms with van der Waals surface area (Å²) >= 11 is 5.87. The second kappa shape index (κ2) is 6.07. The Bertz CT molecular complexity index is 763. The number of nitrogens with zero attached hydrogens (tertiary/aromatic N) is 2. The summed E-state index contributed by atoms with van der Waals surface area (Å²) in [7, 11) is 1.72. The average Bonchev–Trinajstić information content (AvgIpc) is 3.18. The van der Waals surface area contributed by atoms with Crippen LogP contribution in [0.25, 0.3) is 11.3 Å². The molecular weight excluding hydrogens is 302 g/mol. The van der Waals surface area contributed by atoms with Crippen molar-refractivity contribution in [2.75, 3.05) is 7.05 Å². The fourth-order valence-electron chi connectivity index (χ4n) is 2.11. The van der Waals surface area contributed by atoms with Gasteiger partial charge in [0, 0.05) is 17.6 Å². The molecule has 6 heteroatoms. The van der Waals surface area contributed by atoms with E-state index in [9.17, 15) is 4.79 Å². The molecule has 0 spiro atoms. The van der Waals surface area contributed by atoms with Crippen LogP contribution in [0.1, 0.15) is 16.2 Å². The molecular formula is C16H14ClN3O2. The number of amides is 1. The van der Waals surface area contributed by atoms with E-state index < -0.39 is 0 Å². The van der Waals surface area contributed by atoms with Crippen molar-refractivity contribution in [2.45, 2.75) is 6.54 Å². The summed E-state index contributed by atoms with van der Waals surface area (Å²) in [5.74, 6) is 0.581. The number of furan rings is 1. The molecule has 1 aromatic carbocycles. The quantitative estimate of drug-likeness (QED) is 0.800. The predicted octanol–water partition coefficient (Wildman–Crippen LogP) is 3.60. The van der Waals surface area contributed by atoms with Crippen LogP contribution in [0.3, 0.4) is 0 Å². The Labute approximate surface area is 132 Å². The lowest BCUT2D eigenvalue weighted by atomic mass is 10.1. The Hall–Kier alpha value is -2.53. The fourth-order valence-corrected chi connectivity index (χ4v) is 2.24. The summed E-state index contributed by atoms with van der Waals surface area (Å²) in [5, 5.41) is 7.61. The molecule has 1 amide bonds. The number of H-pyrrole nitrogens is 1. The molecule has 3 rings (SSSR count). The van der Waals surface area contributed by atoms with Crippen molar-refractivity contribution in [1.29, 1.82) is 0 Å². The van der Waals surface area contributed by atoms with Crippen LogP contribution in [0.4, 0.5) is 0 Å². The molecule has 0 radical (unpaired) electrons. The molecule has 0 saturated carbocycles. The molecule has 0 fully saturated rings. The number of hydrogen-bond donors (Lipinski definition) is 1. The Balaban J connectivity index is 1.75. The van der Waals surface area contributed by atoms with Crippen LogP contribution in [-0.4, -0.2) is 28.1 Å². The lowest BCUT2D eigenvalue weighted by molar-refractivity contribution is 0.0769. The normalized spacial score (nSPS) is 10.6. The van der Waals surface area contributed by atoms with Crippen LogP contribution in [0.5, 0.6) is 0 Å². The molecule has 0 aliphatic rings. The highest BCUT2D eigenvalue weighted by Gasteiger charge is 2.16. The predicted molar refractivity (Wildman–Crippen MR) is 83.5 cm³/mol. The zero-order valence-corrected chi connectivity index (χ0v) is 12.7. The van der Waals surface area contributed by atoms with Gasteiger partial charge < -0.3 is 9.32 Å². The van der Waals surface area contributed by atoms with Crippen molar-refractivity contribution in [3.63, 3.8) is 0 Å². The molecule has 2 heterocycles. The van der Waals surface area contributed by atoms with Gasteiger partial charge in [-0.25, -0.2) is 0 Å². The summed E-state index contributed by atoms with van der Waals surface area (Å²) in [6.45, 7) is 0.404. The minimum atomic E-state index is -0.149. The van der Waals surface area contributed by atoms with Crippen LogP contribution >= 0.6 is 11.6 Å². The van der Waals surface area contributed by atoms with Crippen molar-refractivity contribution in [2.24, 2.45) is 0 Å². The molecule has 1 N–H and O–H groups in total. The van der Waals surface area contributed by atoms with E-state index in [0.717, 1.165) is 11.3 Å². The second-order valence-electron chi connectivity index (χ2n) is 4.91. The molecule has 0 aliphatic carbocycles. The van der Waals surface area contributed by atoms with Gasteiger partial charge in [-0.3, -0.25) is 9.89 Å². The first-order valence-electron chi connectivity index (χ1n) is 6.72. The summed E-state index contributed by atoms with van der Waals surface area (Å²) in [6.07, 6.45) is 1.59. The third-order valence-electron chi connectivity index (χ3n) is 3.27. The number of aromatic amines is 1. The van der Waals surface area contributed by atoms with Crippen LogP contribution in [0, 0.1) is 0 Å². The number of nitrogens with one attached hydrogen (secondary N) is 1. The summed E-state index contributed by atoms with van der Waals surface area (Å²) in [4.78, 5) is 13.9. The highest BCUT2D eigenvalue weighted by molar-refractivity contribution is 6.30. The van der Waals surface area contributed by atoms with Gasteiger partial charge >= 0.3 is 0 Å². The highest BCUT2D eigenvalue weighted by Crippen LogP contribution is 2.20. The molecule has 0 saturated heterocycles. The Morgan fingerprint density at radius 3 is 2.77 bits per heavy atom. The minimum absolute atomic E-state index is 0.149. The van der Waals surface area contributed by atoms with Gasteiger partial charge in [0.25, 0.3) is 5.91 Å². The monoisotopic (exact) mass is 315 g/mol. The van der Waals surface area contributed by atoms with Crippen molar-refractivity contribution < 1.29 is 9.21 Å². The topological polar surface area (TPSA) is 62.1 Å². The van der Waals surface area contributed by atoms with Crippen molar-refractivity contribution in [1.82, 2.24) is 15.1 Å². The maximum Gasteiger partial charge on any atom is 0.272 e. The van der Waals surface area contributed by atoms with Gasteiger partial charge in [0.05, 0.1) is 18.5 Å². The van der Waals surface area contributed by atoms with Crippen molar-refractivity contribution in [3.8, 4) is 11.3 Å². The molecule has 0 atom stereocenters. The number of carbonyl (C=O) groups is 1. The summed E-state index contributed by atoms with van der Waals surface area (Å²) < 4.78 is 5.24. The Morgan fingerprint density at radius 2 is 2.09 bits per heavy atom. The lowest BCUT2D eigenvalue weighted by Crippen LogP contribution is -2.26. The van der Waals surface area contributed by atoms with E-state index in [2.05, 4.69) is 10.2 Å². The van der Waals surface area contributed by atoms with Crippen LogP contribution < -0.4 is 0 Å². The van der Waals surface area contributed by atoms with E-state index in [-0.39, 0.29) is 5.91 Å². The zero-order chi connectivity index (χ0) is 15.5. The standard InChI is InChI=1S/C16H14ClN3O2/c1-20(10-13-3-2-8-22-13)16(21)15-9-14(18-19-15)11-4-6-12(17)7-5-11/h2-9H,10H2,1H3,(H,18,19). The molecule has 2 aromatic heterocycles. The van der Waals surface area contributed by atoms with Gasteiger partial charge in [0.15, 0.2) is 0 Å². The van der Waals surface area contributed by atoms with Gasteiger partial charge in [-0.2, -0.15) is 5.10 Å². The largest absolute Gasteiger partial charge is 0.467 e. The van der Waals surface area contributed by atoms with E-state index in [1.807, 2.05) is 18.2 Å². The molecule has 0 unspecified atom stereocenters. The van der Waals surface area contributed by atoms with Crippen LogP contribution in [0.15, 0.2) is 53.1 Å². The second-order valence-corrected chi connectivity index (χ2v) is 5.35. The number of halogens is 1. The van der Waals surface area contributed by atoms with E-state index in [1.165, 1.54) is 0 Å². The molecule has 3 aromatic rings. The maximum absolute atomic E-state index is 12.4. The molecule has 0 aliphatic heterocycles. The van der Waals surface area contributed by atoms with Gasteiger partial charge in [-0.1, -0.05) is 23.7 Å².